The second-order valence-electron chi connectivity index (χ2n) is 20.2. The Bertz CT molecular complexity index is 1320. The molecule has 5 rings (SSSR count). The third-order valence-electron chi connectivity index (χ3n) is 16.3. The van der Waals surface area contributed by atoms with E-state index in [-0.39, 0.29) is 24.1 Å². The summed E-state index contributed by atoms with van der Waals surface area (Å²) in [6, 6.07) is 0. The molecule has 0 radical (unpaired) electrons. The summed E-state index contributed by atoms with van der Waals surface area (Å²) in [6.07, 6.45) is 27.0. The highest BCUT2D eigenvalue weighted by Crippen LogP contribution is 2.67. The van der Waals surface area contributed by atoms with Crippen LogP contribution < -0.4 is 0 Å². The first-order chi connectivity index (χ1) is 27.3. The lowest BCUT2D eigenvalue weighted by Gasteiger charge is -2.58. The smallest absolute Gasteiger partial charge is 0.305 e. The standard InChI is InChI=1S/C50H84O7/c1-8-9-10-11-12-13-14-15-16-17-18-19-20-21-44(51)55-33-43-45(52)46(53)47(54)48(57-43)56-38-28-30-49(6)37(32-38)24-25-39-41-27-26-40(50(41,7)31-29-42(39)49)36(5)23-22-35(4)34(2)3/h10-11,13-14,24,34-36,38-43,45-48,52-54H,8-9,12,15-23,25-33H2,1-7H3/b11-10-,14-13-. The molecule has 0 spiro atoms. The van der Waals surface area contributed by atoms with Crippen molar-refractivity contribution in [3.8, 4) is 0 Å². The van der Waals surface area contributed by atoms with E-state index in [0.29, 0.717) is 17.8 Å². The first kappa shape index (κ1) is 46.6. The summed E-state index contributed by atoms with van der Waals surface area (Å²) in [5, 5.41) is 32.4. The second-order valence-corrected chi connectivity index (χ2v) is 20.2. The molecule has 0 aromatic heterocycles. The summed E-state index contributed by atoms with van der Waals surface area (Å²) in [4.78, 5) is 12.6. The van der Waals surface area contributed by atoms with E-state index in [0.717, 1.165) is 113 Å². The van der Waals surface area contributed by atoms with Crippen molar-refractivity contribution >= 4 is 5.97 Å². The Balaban J connectivity index is 1.05. The van der Waals surface area contributed by atoms with Gasteiger partial charge >= 0.3 is 5.97 Å². The average Bonchev–Trinajstić information content (AvgIpc) is 3.55. The molecule has 0 bridgehead atoms. The molecule has 5 aliphatic rings. The van der Waals surface area contributed by atoms with Crippen LogP contribution in [0, 0.1) is 52.3 Å². The van der Waals surface area contributed by atoms with Gasteiger partial charge in [0.15, 0.2) is 6.29 Å². The van der Waals surface area contributed by atoms with Crippen LogP contribution in [0.1, 0.15) is 177 Å². The first-order valence-electron chi connectivity index (χ1n) is 23.8. The van der Waals surface area contributed by atoms with Crippen molar-refractivity contribution in [3.05, 3.63) is 36.0 Å². The molecule has 1 saturated heterocycles. The Hall–Kier alpha value is -1.51. The molecule has 14 atom stereocenters. The average molecular weight is 797 g/mol. The van der Waals surface area contributed by atoms with Crippen molar-refractivity contribution < 1.29 is 34.3 Å². The maximum absolute atomic E-state index is 12.6. The molecule has 3 saturated carbocycles. The lowest BCUT2D eigenvalue weighted by Crippen LogP contribution is -2.60. The minimum Gasteiger partial charge on any atom is -0.463 e. The molecule has 1 heterocycles. The van der Waals surface area contributed by atoms with Gasteiger partial charge in [-0.2, -0.15) is 0 Å². The van der Waals surface area contributed by atoms with E-state index in [1.807, 2.05) is 0 Å². The number of esters is 1. The third-order valence-corrected chi connectivity index (χ3v) is 16.3. The van der Waals surface area contributed by atoms with Gasteiger partial charge in [-0.1, -0.05) is 123 Å². The van der Waals surface area contributed by atoms with Crippen LogP contribution in [0.15, 0.2) is 36.0 Å². The zero-order valence-corrected chi connectivity index (χ0v) is 37.2. The predicted octanol–water partition coefficient (Wildman–Crippen LogP) is 11.0. The maximum Gasteiger partial charge on any atom is 0.305 e. The molecule has 14 unspecified atom stereocenters. The lowest BCUT2D eigenvalue weighted by atomic mass is 9.47. The zero-order valence-electron chi connectivity index (χ0n) is 37.2. The van der Waals surface area contributed by atoms with Crippen molar-refractivity contribution in [3.63, 3.8) is 0 Å². The number of aliphatic hydroxyl groups excluding tert-OH is 3. The molecule has 4 aliphatic carbocycles. The fourth-order valence-corrected chi connectivity index (χ4v) is 12.1. The zero-order chi connectivity index (χ0) is 41.2. The van der Waals surface area contributed by atoms with E-state index in [9.17, 15) is 20.1 Å². The summed E-state index contributed by atoms with van der Waals surface area (Å²) in [7, 11) is 0. The topological polar surface area (TPSA) is 105 Å². The van der Waals surface area contributed by atoms with Crippen LogP contribution in [0.2, 0.25) is 0 Å². The maximum atomic E-state index is 12.6. The summed E-state index contributed by atoms with van der Waals surface area (Å²) in [6.45, 7) is 16.9. The van der Waals surface area contributed by atoms with Crippen LogP contribution >= 0.6 is 0 Å². The number of carbonyl (C=O) groups is 1. The minimum absolute atomic E-state index is 0.145. The molecule has 57 heavy (non-hydrogen) atoms. The number of hydrogen-bond donors (Lipinski definition) is 3. The van der Waals surface area contributed by atoms with Gasteiger partial charge < -0.3 is 29.5 Å². The van der Waals surface area contributed by atoms with E-state index >= 15 is 0 Å². The van der Waals surface area contributed by atoms with Crippen molar-refractivity contribution in [1.29, 1.82) is 0 Å². The Morgan fingerprint density at radius 1 is 0.860 bits per heavy atom. The minimum atomic E-state index is -1.45. The number of carbonyl (C=O) groups excluding carboxylic acids is 1. The summed E-state index contributed by atoms with van der Waals surface area (Å²) >= 11 is 0. The highest BCUT2D eigenvalue weighted by Gasteiger charge is 2.59. The van der Waals surface area contributed by atoms with E-state index < -0.39 is 30.7 Å². The Morgan fingerprint density at radius 2 is 1.60 bits per heavy atom. The fourth-order valence-electron chi connectivity index (χ4n) is 12.1. The van der Waals surface area contributed by atoms with Gasteiger partial charge in [-0.3, -0.25) is 4.79 Å². The van der Waals surface area contributed by atoms with Crippen LogP contribution in [0.5, 0.6) is 0 Å². The third kappa shape index (κ3) is 11.7. The van der Waals surface area contributed by atoms with Crippen LogP contribution in [-0.2, 0) is 19.0 Å². The van der Waals surface area contributed by atoms with E-state index in [1.165, 1.54) is 50.5 Å². The predicted molar refractivity (Wildman–Crippen MR) is 230 cm³/mol. The van der Waals surface area contributed by atoms with Crippen LogP contribution in [0.3, 0.4) is 0 Å². The van der Waals surface area contributed by atoms with E-state index in [4.69, 9.17) is 14.2 Å². The van der Waals surface area contributed by atoms with Crippen molar-refractivity contribution in [2.75, 3.05) is 6.61 Å². The largest absolute Gasteiger partial charge is 0.463 e. The number of hydrogen-bond acceptors (Lipinski definition) is 7. The molecule has 326 valence electrons. The molecular formula is C50H84O7. The van der Waals surface area contributed by atoms with Gasteiger partial charge in [0.05, 0.1) is 6.10 Å². The number of allylic oxidation sites excluding steroid dienone is 5. The summed E-state index contributed by atoms with van der Waals surface area (Å²) in [5.74, 6) is 5.13. The normalized spacial score (nSPS) is 37.8. The van der Waals surface area contributed by atoms with Crippen LogP contribution in [0.25, 0.3) is 0 Å². The van der Waals surface area contributed by atoms with Crippen molar-refractivity contribution in [2.45, 2.75) is 214 Å². The number of rotatable bonds is 21. The van der Waals surface area contributed by atoms with Gasteiger partial charge in [0, 0.05) is 6.42 Å². The number of fused-ring (bicyclic) bond motifs is 5. The van der Waals surface area contributed by atoms with Crippen molar-refractivity contribution in [2.24, 2.45) is 52.3 Å². The number of unbranched alkanes of at least 4 members (excludes halogenated alkanes) is 6. The number of ether oxygens (including phenoxy) is 3. The molecule has 0 aromatic carbocycles. The van der Waals surface area contributed by atoms with E-state index in [2.05, 4.69) is 78.8 Å². The molecule has 7 heteroatoms. The van der Waals surface area contributed by atoms with Gasteiger partial charge in [-0.05, 0) is 136 Å². The lowest BCUT2D eigenvalue weighted by molar-refractivity contribution is -0.313. The fraction of sp³-hybridized carbons (Fsp3) is 0.860. The van der Waals surface area contributed by atoms with Gasteiger partial charge in [0.25, 0.3) is 0 Å². The van der Waals surface area contributed by atoms with Crippen LogP contribution in [-0.4, -0.2) is 64.7 Å². The quantitative estimate of drug-likeness (QED) is 0.0603. The van der Waals surface area contributed by atoms with Gasteiger partial charge in [-0.15, -0.1) is 0 Å². The van der Waals surface area contributed by atoms with Gasteiger partial charge in [0.2, 0.25) is 0 Å². The monoisotopic (exact) mass is 797 g/mol. The molecule has 7 nitrogen and oxygen atoms in total. The molecule has 4 fully saturated rings. The SMILES string of the molecule is CCC/C=C\C/C=C\CCCCCCCC(=O)OCC1OC(OC2CCC3(C)C(=CCC4C3CCC3(C)C(C(C)CCC(C)C(C)C)CCC43)C2)C(O)C(O)C1O. The Kier molecular flexibility index (Phi) is 17.8. The van der Waals surface area contributed by atoms with E-state index in [1.54, 1.807) is 0 Å². The molecule has 0 aromatic rings. The van der Waals surface area contributed by atoms with Crippen LogP contribution in [0.4, 0.5) is 0 Å². The second kappa shape index (κ2) is 21.8. The van der Waals surface area contributed by atoms with Gasteiger partial charge in [0.1, 0.15) is 31.0 Å². The van der Waals surface area contributed by atoms with Gasteiger partial charge in [-0.25, -0.2) is 0 Å². The molecule has 3 N–H and O–H groups in total. The van der Waals surface area contributed by atoms with Crippen molar-refractivity contribution in [1.82, 2.24) is 0 Å². The highest BCUT2D eigenvalue weighted by molar-refractivity contribution is 5.69. The molecule has 0 amide bonds. The molecule has 1 aliphatic heterocycles. The summed E-state index contributed by atoms with van der Waals surface area (Å²) in [5.41, 5.74) is 2.12. The first-order valence-corrected chi connectivity index (χ1v) is 23.8. The highest BCUT2D eigenvalue weighted by atomic mass is 16.7. The Labute approximate surface area is 347 Å². The summed E-state index contributed by atoms with van der Waals surface area (Å²) < 4.78 is 18.0. The number of aliphatic hydroxyl groups is 3. The Morgan fingerprint density at radius 3 is 2.35 bits per heavy atom. The molecular weight excluding hydrogens is 713 g/mol.